The fourth-order valence-electron chi connectivity index (χ4n) is 2.36. The van der Waals surface area contributed by atoms with Crippen molar-refractivity contribution in [3.8, 4) is 5.75 Å². The molecular weight excluding hydrogens is 352 g/mol. The molecular formula is C19H24N2O4S. The van der Waals surface area contributed by atoms with Gasteiger partial charge in [-0.2, -0.15) is 0 Å². The van der Waals surface area contributed by atoms with Crippen molar-refractivity contribution in [1.82, 2.24) is 5.32 Å². The highest BCUT2D eigenvalue weighted by Gasteiger charge is 2.10. The van der Waals surface area contributed by atoms with Gasteiger partial charge in [0.15, 0.2) is 0 Å². The van der Waals surface area contributed by atoms with Crippen molar-refractivity contribution < 1.29 is 17.9 Å². The molecule has 0 spiro atoms. The second-order valence-corrected chi connectivity index (χ2v) is 8.03. The number of carbonyl (C=O) groups excluding carboxylic acids is 1. The molecule has 0 aliphatic heterocycles. The number of ether oxygens (including phenoxy) is 1. The fraction of sp³-hybridized carbons (Fsp3) is 0.316. The molecule has 1 amide bonds. The quantitative estimate of drug-likeness (QED) is 0.728. The van der Waals surface area contributed by atoms with Crippen molar-refractivity contribution in [1.29, 1.82) is 0 Å². The minimum Gasteiger partial charge on any atom is -0.491 e. The van der Waals surface area contributed by atoms with Gasteiger partial charge in [-0.25, -0.2) is 8.42 Å². The molecule has 6 nitrogen and oxygen atoms in total. The molecule has 26 heavy (non-hydrogen) atoms. The normalized spacial score (nSPS) is 11.1. The first-order valence-corrected chi connectivity index (χ1v) is 10.1. The second kappa shape index (κ2) is 8.23. The molecule has 0 aromatic heterocycles. The molecule has 0 radical (unpaired) electrons. The Morgan fingerprint density at radius 2 is 1.73 bits per heavy atom. The Balaban J connectivity index is 1.93. The number of carbonyl (C=O) groups is 1. The lowest BCUT2D eigenvalue weighted by Gasteiger charge is -2.12. The van der Waals surface area contributed by atoms with E-state index in [0.717, 1.165) is 28.7 Å². The van der Waals surface area contributed by atoms with Crippen molar-refractivity contribution in [2.24, 2.45) is 0 Å². The van der Waals surface area contributed by atoms with Crippen molar-refractivity contribution in [3.63, 3.8) is 0 Å². The van der Waals surface area contributed by atoms with Crippen LogP contribution in [0.2, 0.25) is 0 Å². The molecule has 0 heterocycles. The van der Waals surface area contributed by atoms with E-state index in [1.54, 1.807) is 19.1 Å². The molecule has 0 saturated carbocycles. The Morgan fingerprint density at radius 3 is 2.42 bits per heavy atom. The zero-order chi connectivity index (χ0) is 19.3. The third-order valence-corrected chi connectivity index (χ3v) is 4.37. The van der Waals surface area contributed by atoms with E-state index in [1.807, 2.05) is 32.0 Å². The van der Waals surface area contributed by atoms with Crippen LogP contribution in [-0.4, -0.2) is 33.7 Å². The van der Waals surface area contributed by atoms with Crippen molar-refractivity contribution in [2.45, 2.75) is 20.8 Å². The number of hydrogen-bond donors (Lipinski definition) is 2. The van der Waals surface area contributed by atoms with Gasteiger partial charge in [-0.05, 0) is 55.7 Å². The molecule has 0 aliphatic carbocycles. The highest BCUT2D eigenvalue weighted by molar-refractivity contribution is 7.92. The van der Waals surface area contributed by atoms with Crippen LogP contribution in [0.4, 0.5) is 5.69 Å². The SMILES string of the molecule is Cc1ccc(C)c(OCCNC(=O)c2ccc(C)c(NS(C)(=O)=O)c2)c1. The van der Waals surface area contributed by atoms with Gasteiger partial charge < -0.3 is 10.1 Å². The Labute approximate surface area is 154 Å². The predicted octanol–water partition coefficient (Wildman–Crippen LogP) is 2.79. The summed E-state index contributed by atoms with van der Waals surface area (Å²) in [5.41, 5.74) is 3.67. The Hall–Kier alpha value is -2.54. The van der Waals surface area contributed by atoms with Crippen LogP contribution in [0.15, 0.2) is 36.4 Å². The largest absolute Gasteiger partial charge is 0.491 e. The maximum absolute atomic E-state index is 12.3. The molecule has 0 aliphatic rings. The van der Waals surface area contributed by atoms with E-state index in [1.165, 1.54) is 6.07 Å². The van der Waals surface area contributed by atoms with E-state index in [4.69, 9.17) is 4.74 Å². The van der Waals surface area contributed by atoms with E-state index in [0.29, 0.717) is 24.4 Å². The van der Waals surface area contributed by atoms with Crippen LogP contribution in [0.1, 0.15) is 27.0 Å². The average molecular weight is 376 g/mol. The number of sulfonamides is 1. The van der Waals surface area contributed by atoms with Gasteiger partial charge in [-0.3, -0.25) is 9.52 Å². The highest BCUT2D eigenvalue weighted by atomic mass is 32.2. The average Bonchev–Trinajstić information content (AvgIpc) is 2.55. The minimum absolute atomic E-state index is 0.286. The fourth-order valence-corrected chi connectivity index (χ4v) is 2.98. The third-order valence-electron chi connectivity index (χ3n) is 3.78. The van der Waals surface area contributed by atoms with Gasteiger partial charge in [0.1, 0.15) is 12.4 Å². The van der Waals surface area contributed by atoms with Crippen LogP contribution in [-0.2, 0) is 10.0 Å². The number of amides is 1. The molecule has 2 aromatic rings. The lowest BCUT2D eigenvalue weighted by Crippen LogP contribution is -2.28. The topological polar surface area (TPSA) is 84.5 Å². The summed E-state index contributed by atoms with van der Waals surface area (Å²) in [5, 5.41) is 2.77. The smallest absolute Gasteiger partial charge is 0.251 e. The summed E-state index contributed by atoms with van der Waals surface area (Å²) < 4.78 is 30.9. The third kappa shape index (κ3) is 5.77. The van der Waals surface area contributed by atoms with Gasteiger partial charge in [0.2, 0.25) is 10.0 Å². The van der Waals surface area contributed by atoms with Crippen LogP contribution in [0.5, 0.6) is 5.75 Å². The zero-order valence-corrected chi connectivity index (χ0v) is 16.2. The van der Waals surface area contributed by atoms with E-state index >= 15 is 0 Å². The number of aryl methyl sites for hydroxylation is 3. The monoisotopic (exact) mass is 376 g/mol. The van der Waals surface area contributed by atoms with Gasteiger partial charge in [0, 0.05) is 5.56 Å². The van der Waals surface area contributed by atoms with Gasteiger partial charge in [-0.15, -0.1) is 0 Å². The Kier molecular flexibility index (Phi) is 6.26. The number of benzene rings is 2. The van der Waals surface area contributed by atoms with E-state index in [-0.39, 0.29) is 5.91 Å². The minimum atomic E-state index is -3.40. The lowest BCUT2D eigenvalue weighted by molar-refractivity contribution is 0.0947. The molecule has 140 valence electrons. The highest BCUT2D eigenvalue weighted by Crippen LogP contribution is 2.19. The first-order chi connectivity index (χ1) is 12.2. The first-order valence-electron chi connectivity index (χ1n) is 8.22. The number of nitrogens with one attached hydrogen (secondary N) is 2. The van der Waals surface area contributed by atoms with Crippen LogP contribution in [0.3, 0.4) is 0 Å². The van der Waals surface area contributed by atoms with Gasteiger partial charge in [0.25, 0.3) is 5.91 Å². The summed E-state index contributed by atoms with van der Waals surface area (Å²) in [5.74, 6) is 0.514. The van der Waals surface area contributed by atoms with Gasteiger partial charge in [0.05, 0.1) is 18.5 Å². The lowest BCUT2D eigenvalue weighted by atomic mass is 10.1. The summed E-state index contributed by atoms with van der Waals surface area (Å²) in [4.78, 5) is 12.3. The molecule has 2 N–H and O–H groups in total. The Morgan fingerprint density at radius 1 is 1.04 bits per heavy atom. The summed E-state index contributed by atoms with van der Waals surface area (Å²) in [7, 11) is -3.40. The number of anilines is 1. The van der Waals surface area contributed by atoms with Crippen LogP contribution in [0, 0.1) is 20.8 Å². The molecule has 0 bridgehead atoms. The molecule has 0 atom stereocenters. The van der Waals surface area contributed by atoms with Gasteiger partial charge >= 0.3 is 0 Å². The Bertz CT molecular complexity index is 908. The van der Waals surface area contributed by atoms with E-state index in [2.05, 4.69) is 10.0 Å². The first kappa shape index (κ1) is 19.8. The van der Waals surface area contributed by atoms with E-state index < -0.39 is 10.0 Å². The van der Waals surface area contributed by atoms with Gasteiger partial charge in [-0.1, -0.05) is 18.2 Å². The molecule has 0 fully saturated rings. The molecule has 2 rings (SSSR count). The molecule has 2 aromatic carbocycles. The molecule has 7 heteroatoms. The van der Waals surface area contributed by atoms with Crippen molar-refractivity contribution >= 4 is 21.6 Å². The maximum Gasteiger partial charge on any atom is 0.251 e. The standard InChI is InChI=1S/C19H24N2O4S/c1-13-5-6-15(3)18(11-13)25-10-9-20-19(22)16-8-7-14(2)17(12-16)21-26(4,23)24/h5-8,11-12,21H,9-10H2,1-4H3,(H,20,22). The van der Waals surface area contributed by atoms with Crippen LogP contribution in [0.25, 0.3) is 0 Å². The molecule has 0 unspecified atom stereocenters. The molecule has 0 saturated heterocycles. The van der Waals surface area contributed by atoms with E-state index in [9.17, 15) is 13.2 Å². The van der Waals surface area contributed by atoms with Crippen molar-refractivity contribution in [2.75, 3.05) is 24.1 Å². The number of hydrogen-bond acceptors (Lipinski definition) is 4. The summed E-state index contributed by atoms with van der Waals surface area (Å²) in [6, 6.07) is 10.9. The second-order valence-electron chi connectivity index (χ2n) is 6.28. The predicted molar refractivity (Wildman–Crippen MR) is 103 cm³/mol. The summed E-state index contributed by atoms with van der Waals surface area (Å²) in [6.07, 6.45) is 1.07. The summed E-state index contributed by atoms with van der Waals surface area (Å²) in [6.45, 7) is 6.42. The van der Waals surface area contributed by atoms with Crippen LogP contribution < -0.4 is 14.8 Å². The number of rotatable bonds is 7. The van der Waals surface area contributed by atoms with Crippen molar-refractivity contribution in [3.05, 3.63) is 58.7 Å². The maximum atomic E-state index is 12.3. The summed E-state index contributed by atoms with van der Waals surface area (Å²) >= 11 is 0. The zero-order valence-electron chi connectivity index (χ0n) is 15.4. The van der Waals surface area contributed by atoms with Crippen LogP contribution >= 0.6 is 0 Å².